The average Bonchev–Trinajstić information content (AvgIpc) is 2.88. The van der Waals surface area contributed by atoms with Crippen LogP contribution in [0.15, 0.2) is 24.3 Å². The SMILES string of the molecule is C=C1CC[C@H]2[C@@H]3CCc4cc(C(N)=O)c(OC)cc4[C@H]3CC[C@]12C. The first-order valence-electron chi connectivity index (χ1n) is 9.14. The minimum Gasteiger partial charge on any atom is -0.496 e. The largest absolute Gasteiger partial charge is 0.496 e. The van der Waals surface area contributed by atoms with Crippen LogP contribution in [0.3, 0.4) is 0 Å². The van der Waals surface area contributed by atoms with Crippen molar-refractivity contribution in [3.63, 3.8) is 0 Å². The molecule has 1 aromatic carbocycles. The van der Waals surface area contributed by atoms with Crippen molar-refractivity contribution in [3.05, 3.63) is 41.0 Å². The van der Waals surface area contributed by atoms with Gasteiger partial charge in [0, 0.05) is 0 Å². The number of hydrogen-bond donors (Lipinski definition) is 1. The Morgan fingerprint density at radius 2 is 2.08 bits per heavy atom. The van der Waals surface area contributed by atoms with Crippen molar-refractivity contribution < 1.29 is 9.53 Å². The number of primary amides is 1. The fourth-order valence-corrected chi connectivity index (χ4v) is 5.87. The van der Waals surface area contributed by atoms with E-state index in [2.05, 4.69) is 19.6 Å². The molecule has 0 bridgehead atoms. The number of nitrogens with two attached hydrogens (primary N) is 1. The topological polar surface area (TPSA) is 52.3 Å². The molecule has 1 amide bonds. The van der Waals surface area contributed by atoms with E-state index in [-0.39, 0.29) is 0 Å². The molecule has 1 aromatic rings. The molecule has 0 saturated heterocycles. The lowest BCUT2D eigenvalue weighted by atomic mass is 9.55. The van der Waals surface area contributed by atoms with Crippen LogP contribution in [0.4, 0.5) is 0 Å². The maximum atomic E-state index is 11.7. The Bertz CT molecular complexity index is 723. The Morgan fingerprint density at radius 1 is 1.29 bits per heavy atom. The minimum absolute atomic E-state index is 0.343. The summed E-state index contributed by atoms with van der Waals surface area (Å²) in [5.74, 6) is 2.32. The van der Waals surface area contributed by atoms with E-state index in [1.807, 2.05) is 6.07 Å². The summed E-state index contributed by atoms with van der Waals surface area (Å²) in [6.45, 7) is 6.82. The van der Waals surface area contributed by atoms with Gasteiger partial charge in [-0.1, -0.05) is 19.1 Å². The van der Waals surface area contributed by atoms with Crippen molar-refractivity contribution in [3.8, 4) is 5.75 Å². The van der Waals surface area contributed by atoms with Crippen LogP contribution in [0.25, 0.3) is 0 Å². The van der Waals surface area contributed by atoms with Gasteiger partial charge < -0.3 is 10.5 Å². The van der Waals surface area contributed by atoms with Crippen LogP contribution in [0, 0.1) is 17.3 Å². The van der Waals surface area contributed by atoms with E-state index >= 15 is 0 Å². The first-order valence-corrected chi connectivity index (χ1v) is 9.14. The molecule has 2 N–H and O–H groups in total. The van der Waals surface area contributed by atoms with Crippen LogP contribution in [0.2, 0.25) is 0 Å². The molecule has 0 radical (unpaired) electrons. The highest BCUT2D eigenvalue weighted by molar-refractivity contribution is 5.96. The summed E-state index contributed by atoms with van der Waals surface area (Å²) < 4.78 is 5.46. The summed E-state index contributed by atoms with van der Waals surface area (Å²) >= 11 is 0. The fraction of sp³-hybridized carbons (Fsp3) is 0.571. The number of hydrogen-bond acceptors (Lipinski definition) is 2. The zero-order chi connectivity index (χ0) is 17.1. The maximum absolute atomic E-state index is 11.7. The zero-order valence-electron chi connectivity index (χ0n) is 14.7. The second-order valence-electron chi connectivity index (χ2n) is 8.13. The first kappa shape index (κ1) is 15.7. The Hall–Kier alpha value is -1.77. The van der Waals surface area contributed by atoms with E-state index in [0.29, 0.717) is 22.6 Å². The smallest absolute Gasteiger partial charge is 0.252 e. The molecule has 0 aromatic heterocycles. The summed E-state index contributed by atoms with van der Waals surface area (Å²) in [5, 5.41) is 0. The summed E-state index contributed by atoms with van der Waals surface area (Å²) in [7, 11) is 1.62. The molecule has 3 nitrogen and oxygen atoms in total. The van der Waals surface area contributed by atoms with Crippen LogP contribution in [-0.2, 0) is 6.42 Å². The molecule has 2 fully saturated rings. The van der Waals surface area contributed by atoms with Crippen molar-refractivity contribution in [2.45, 2.75) is 51.4 Å². The normalized spacial score (nSPS) is 34.2. The lowest BCUT2D eigenvalue weighted by Crippen LogP contribution is -2.40. The van der Waals surface area contributed by atoms with Gasteiger partial charge in [0.2, 0.25) is 0 Å². The van der Waals surface area contributed by atoms with E-state index in [0.717, 1.165) is 18.3 Å². The number of methoxy groups -OCH3 is 1. The van der Waals surface area contributed by atoms with Crippen molar-refractivity contribution in [1.82, 2.24) is 0 Å². The number of aryl methyl sites for hydroxylation is 1. The third kappa shape index (κ3) is 2.06. The summed E-state index contributed by atoms with van der Waals surface area (Å²) in [6.07, 6.45) is 7.19. The van der Waals surface area contributed by atoms with Gasteiger partial charge in [0.15, 0.2) is 0 Å². The lowest BCUT2D eigenvalue weighted by molar-refractivity contribution is 0.0815. The lowest BCUT2D eigenvalue weighted by Gasteiger charge is -2.49. The summed E-state index contributed by atoms with van der Waals surface area (Å²) in [6, 6.07) is 4.08. The number of amides is 1. The Balaban J connectivity index is 1.75. The molecule has 3 heteroatoms. The number of fused-ring (bicyclic) bond motifs is 5. The third-order valence-electron chi connectivity index (χ3n) is 7.26. The molecule has 2 saturated carbocycles. The van der Waals surface area contributed by atoms with E-state index < -0.39 is 5.91 Å². The van der Waals surface area contributed by atoms with Crippen molar-refractivity contribution in [1.29, 1.82) is 0 Å². The van der Waals surface area contributed by atoms with Gasteiger partial charge in [-0.3, -0.25) is 4.79 Å². The molecule has 0 unspecified atom stereocenters. The van der Waals surface area contributed by atoms with Gasteiger partial charge in [-0.15, -0.1) is 0 Å². The maximum Gasteiger partial charge on any atom is 0.252 e. The number of ether oxygens (including phenoxy) is 1. The number of carbonyl (C=O) groups excluding carboxylic acids is 1. The predicted molar refractivity (Wildman–Crippen MR) is 95.3 cm³/mol. The number of allylic oxidation sites excluding steroid dienone is 1. The molecular formula is C21H27NO2. The molecule has 0 heterocycles. The van der Waals surface area contributed by atoms with Crippen LogP contribution in [0.5, 0.6) is 5.75 Å². The van der Waals surface area contributed by atoms with Gasteiger partial charge in [0.25, 0.3) is 5.91 Å². The molecule has 24 heavy (non-hydrogen) atoms. The Kier molecular flexibility index (Phi) is 3.52. The molecule has 4 rings (SSSR count). The van der Waals surface area contributed by atoms with Gasteiger partial charge in [0.05, 0.1) is 12.7 Å². The number of carbonyl (C=O) groups is 1. The van der Waals surface area contributed by atoms with Gasteiger partial charge in [0.1, 0.15) is 5.75 Å². The van der Waals surface area contributed by atoms with E-state index in [9.17, 15) is 4.79 Å². The standard InChI is InChI=1S/C21H27NO2/c1-12-4-7-18-15-6-5-13-10-17(20(22)23)19(24-3)11-16(13)14(15)8-9-21(12,18)2/h10-11,14-15,18H,1,4-9H2,2-3H3,(H2,22,23)/t14-,15+,18-,21+/m0/s1. The zero-order valence-corrected chi connectivity index (χ0v) is 14.7. The quantitative estimate of drug-likeness (QED) is 0.828. The second kappa shape index (κ2) is 5.37. The van der Waals surface area contributed by atoms with Gasteiger partial charge >= 0.3 is 0 Å². The van der Waals surface area contributed by atoms with Gasteiger partial charge in [-0.2, -0.15) is 0 Å². The van der Waals surface area contributed by atoms with E-state index in [1.165, 1.54) is 48.8 Å². The fourth-order valence-electron chi connectivity index (χ4n) is 5.87. The monoisotopic (exact) mass is 325 g/mol. The summed E-state index contributed by atoms with van der Waals surface area (Å²) in [4.78, 5) is 11.7. The molecule has 0 aliphatic heterocycles. The van der Waals surface area contributed by atoms with E-state index in [1.54, 1.807) is 7.11 Å². The predicted octanol–water partition coefficient (Wildman–Crippen LogP) is 4.21. The molecular weight excluding hydrogens is 298 g/mol. The highest BCUT2D eigenvalue weighted by Crippen LogP contribution is 2.62. The highest BCUT2D eigenvalue weighted by atomic mass is 16.5. The van der Waals surface area contributed by atoms with Crippen molar-refractivity contribution >= 4 is 5.91 Å². The first-order chi connectivity index (χ1) is 11.5. The number of rotatable bonds is 2. The second-order valence-corrected chi connectivity index (χ2v) is 8.13. The molecule has 3 aliphatic carbocycles. The van der Waals surface area contributed by atoms with Crippen molar-refractivity contribution in [2.75, 3.05) is 7.11 Å². The van der Waals surface area contributed by atoms with Crippen molar-refractivity contribution in [2.24, 2.45) is 23.0 Å². The molecule has 0 spiro atoms. The minimum atomic E-state index is -0.403. The van der Waals surface area contributed by atoms with Gasteiger partial charge in [-0.05, 0) is 85.0 Å². The molecule has 3 aliphatic rings. The van der Waals surface area contributed by atoms with E-state index in [4.69, 9.17) is 10.5 Å². The van der Waals surface area contributed by atoms with Crippen LogP contribution in [-0.4, -0.2) is 13.0 Å². The Morgan fingerprint density at radius 3 is 2.79 bits per heavy atom. The molecule has 128 valence electrons. The average molecular weight is 325 g/mol. The third-order valence-corrected chi connectivity index (χ3v) is 7.26. The van der Waals surface area contributed by atoms with Crippen LogP contribution < -0.4 is 10.5 Å². The number of benzene rings is 1. The molecule has 4 atom stereocenters. The van der Waals surface area contributed by atoms with Gasteiger partial charge in [-0.25, -0.2) is 0 Å². The summed E-state index contributed by atoms with van der Waals surface area (Å²) in [5.41, 5.74) is 10.6. The van der Waals surface area contributed by atoms with Crippen LogP contribution in [0.1, 0.15) is 66.4 Å². The Labute approximate surface area is 144 Å². The van der Waals surface area contributed by atoms with Crippen LogP contribution >= 0.6 is 0 Å². The highest BCUT2D eigenvalue weighted by Gasteiger charge is 2.52.